The summed E-state index contributed by atoms with van der Waals surface area (Å²) in [5, 5.41) is 7.07. The van der Waals surface area contributed by atoms with Gasteiger partial charge in [0.05, 0.1) is 5.69 Å². The molecule has 0 saturated carbocycles. The van der Waals surface area contributed by atoms with Crippen LogP contribution in [0.4, 0.5) is 11.4 Å². The highest BCUT2D eigenvalue weighted by Crippen LogP contribution is 2.36. The van der Waals surface area contributed by atoms with Crippen molar-refractivity contribution in [2.75, 3.05) is 5.32 Å². The standard InChI is InChI=1S/C19H13N3/c1-2-8-15-13(7-1)14(11-20-15)19-21-16-9-3-5-12-6-4-10-17(22-19)18(12)16/h1-11,20H,(H,21,22). The number of rotatable bonds is 1. The van der Waals surface area contributed by atoms with E-state index in [1.807, 2.05) is 12.3 Å². The van der Waals surface area contributed by atoms with Crippen LogP contribution in [0.5, 0.6) is 0 Å². The number of hydrogen-bond acceptors (Lipinski definition) is 2. The highest BCUT2D eigenvalue weighted by atomic mass is 15.0. The van der Waals surface area contributed by atoms with Crippen molar-refractivity contribution in [1.82, 2.24) is 4.98 Å². The molecular formula is C19H13N3. The summed E-state index contributed by atoms with van der Waals surface area (Å²) in [4.78, 5) is 8.16. The number of benzene rings is 3. The molecule has 0 aliphatic carbocycles. The van der Waals surface area contributed by atoms with Gasteiger partial charge in [-0.25, -0.2) is 4.99 Å². The Morgan fingerprint density at radius 2 is 1.68 bits per heavy atom. The minimum Gasteiger partial charge on any atom is -0.360 e. The molecule has 0 atom stereocenters. The van der Waals surface area contributed by atoms with Crippen molar-refractivity contribution in [2.24, 2.45) is 4.99 Å². The molecule has 0 saturated heterocycles. The molecule has 0 spiro atoms. The molecule has 3 aromatic carbocycles. The molecule has 3 nitrogen and oxygen atoms in total. The summed E-state index contributed by atoms with van der Waals surface area (Å²) in [6, 6.07) is 20.8. The molecule has 0 amide bonds. The average molecular weight is 283 g/mol. The largest absolute Gasteiger partial charge is 0.360 e. The number of nitrogens with one attached hydrogen (secondary N) is 2. The third-order valence-electron chi connectivity index (χ3n) is 4.21. The molecule has 5 rings (SSSR count). The Kier molecular flexibility index (Phi) is 2.22. The van der Waals surface area contributed by atoms with Crippen LogP contribution in [0.25, 0.3) is 21.7 Å². The fourth-order valence-corrected chi connectivity index (χ4v) is 3.19. The Hall–Kier alpha value is -3.07. The lowest BCUT2D eigenvalue weighted by atomic mass is 10.0. The number of anilines is 1. The molecule has 0 unspecified atom stereocenters. The predicted octanol–water partition coefficient (Wildman–Crippen LogP) is 4.82. The van der Waals surface area contributed by atoms with Gasteiger partial charge in [0.25, 0.3) is 0 Å². The van der Waals surface area contributed by atoms with Crippen molar-refractivity contribution >= 4 is 38.9 Å². The fraction of sp³-hybridized carbons (Fsp3) is 0. The van der Waals surface area contributed by atoms with Gasteiger partial charge in [0.2, 0.25) is 0 Å². The zero-order valence-corrected chi connectivity index (χ0v) is 11.8. The van der Waals surface area contributed by atoms with Crippen LogP contribution < -0.4 is 5.32 Å². The van der Waals surface area contributed by atoms with Gasteiger partial charge >= 0.3 is 0 Å². The number of aromatic amines is 1. The minimum absolute atomic E-state index is 0.892. The number of hydrogen-bond donors (Lipinski definition) is 2. The van der Waals surface area contributed by atoms with Crippen molar-refractivity contribution in [3.63, 3.8) is 0 Å². The van der Waals surface area contributed by atoms with E-state index in [1.54, 1.807) is 0 Å². The average Bonchev–Trinajstić information content (AvgIpc) is 2.99. The zero-order chi connectivity index (χ0) is 14.5. The van der Waals surface area contributed by atoms with Gasteiger partial charge < -0.3 is 10.3 Å². The zero-order valence-electron chi connectivity index (χ0n) is 11.8. The second-order valence-corrected chi connectivity index (χ2v) is 5.51. The van der Waals surface area contributed by atoms with Gasteiger partial charge in [-0.2, -0.15) is 0 Å². The number of aromatic nitrogens is 1. The molecule has 2 N–H and O–H groups in total. The van der Waals surface area contributed by atoms with E-state index < -0.39 is 0 Å². The molecule has 104 valence electrons. The first-order valence-electron chi connectivity index (χ1n) is 7.34. The Morgan fingerprint density at radius 3 is 2.64 bits per heavy atom. The van der Waals surface area contributed by atoms with Crippen LogP contribution in [0.1, 0.15) is 5.56 Å². The number of para-hydroxylation sites is 1. The fourth-order valence-electron chi connectivity index (χ4n) is 3.19. The van der Waals surface area contributed by atoms with E-state index in [0.29, 0.717) is 0 Å². The van der Waals surface area contributed by atoms with Gasteiger partial charge in [0.1, 0.15) is 5.84 Å². The molecule has 2 heterocycles. The van der Waals surface area contributed by atoms with Crippen LogP contribution >= 0.6 is 0 Å². The molecule has 0 bridgehead atoms. The molecule has 1 aliphatic heterocycles. The van der Waals surface area contributed by atoms with Crippen LogP contribution in [0.2, 0.25) is 0 Å². The highest BCUT2D eigenvalue weighted by Gasteiger charge is 2.17. The van der Waals surface area contributed by atoms with Crippen LogP contribution in [0.15, 0.2) is 71.9 Å². The number of H-pyrrole nitrogens is 1. The summed E-state index contributed by atoms with van der Waals surface area (Å²) < 4.78 is 0. The maximum absolute atomic E-state index is 4.84. The minimum atomic E-state index is 0.892. The van der Waals surface area contributed by atoms with E-state index >= 15 is 0 Å². The number of fused-ring (bicyclic) bond motifs is 1. The van der Waals surface area contributed by atoms with Gasteiger partial charge in [-0.15, -0.1) is 0 Å². The normalized spacial score (nSPS) is 13.2. The molecule has 22 heavy (non-hydrogen) atoms. The van der Waals surface area contributed by atoms with Gasteiger partial charge in [-0.05, 0) is 23.6 Å². The van der Waals surface area contributed by atoms with Crippen molar-refractivity contribution in [1.29, 1.82) is 0 Å². The van der Waals surface area contributed by atoms with E-state index in [1.165, 1.54) is 16.2 Å². The third-order valence-corrected chi connectivity index (χ3v) is 4.21. The third kappa shape index (κ3) is 1.53. The summed E-state index contributed by atoms with van der Waals surface area (Å²) >= 11 is 0. The maximum Gasteiger partial charge on any atom is 0.140 e. The van der Waals surface area contributed by atoms with E-state index in [0.717, 1.165) is 28.3 Å². The number of aliphatic imine (C=N–C) groups is 1. The van der Waals surface area contributed by atoms with E-state index in [-0.39, 0.29) is 0 Å². The first-order chi connectivity index (χ1) is 10.9. The van der Waals surface area contributed by atoms with Gasteiger partial charge in [-0.3, -0.25) is 0 Å². The Balaban J connectivity index is 1.78. The maximum atomic E-state index is 4.84. The van der Waals surface area contributed by atoms with Gasteiger partial charge in [0.15, 0.2) is 0 Å². The molecule has 0 radical (unpaired) electrons. The van der Waals surface area contributed by atoms with Crippen molar-refractivity contribution in [2.45, 2.75) is 0 Å². The summed E-state index contributed by atoms with van der Waals surface area (Å²) in [6.45, 7) is 0. The van der Waals surface area contributed by atoms with Crippen LogP contribution in [0.3, 0.4) is 0 Å². The van der Waals surface area contributed by atoms with E-state index in [2.05, 4.69) is 64.9 Å². The Bertz CT molecular complexity index is 1050. The second kappa shape index (κ2) is 4.21. The van der Waals surface area contributed by atoms with Crippen LogP contribution in [-0.2, 0) is 0 Å². The van der Waals surface area contributed by atoms with Crippen molar-refractivity contribution in [3.8, 4) is 0 Å². The van der Waals surface area contributed by atoms with Crippen molar-refractivity contribution < 1.29 is 0 Å². The summed E-state index contributed by atoms with van der Waals surface area (Å²) in [5.74, 6) is 0.892. The lowest BCUT2D eigenvalue weighted by Gasteiger charge is -2.18. The lowest BCUT2D eigenvalue weighted by Crippen LogP contribution is -2.15. The summed E-state index contributed by atoms with van der Waals surface area (Å²) in [5.41, 5.74) is 4.36. The summed E-state index contributed by atoms with van der Waals surface area (Å²) in [7, 11) is 0. The van der Waals surface area contributed by atoms with E-state index in [4.69, 9.17) is 4.99 Å². The number of amidine groups is 1. The first-order valence-corrected chi connectivity index (χ1v) is 7.34. The second-order valence-electron chi connectivity index (χ2n) is 5.51. The van der Waals surface area contributed by atoms with Crippen LogP contribution in [-0.4, -0.2) is 10.8 Å². The van der Waals surface area contributed by atoms with E-state index in [9.17, 15) is 0 Å². The molecule has 1 aromatic heterocycles. The SMILES string of the molecule is c1cc2c3c(cccc3c1)NC(c1c[nH]c3ccccc13)=N2. The van der Waals surface area contributed by atoms with Crippen molar-refractivity contribution in [3.05, 3.63) is 72.4 Å². The first kappa shape index (κ1) is 11.6. The lowest BCUT2D eigenvalue weighted by molar-refractivity contribution is 1.44. The molecule has 1 aliphatic rings. The predicted molar refractivity (Wildman–Crippen MR) is 92.1 cm³/mol. The van der Waals surface area contributed by atoms with Gasteiger partial charge in [0, 0.05) is 33.7 Å². The Morgan fingerprint density at radius 1 is 0.818 bits per heavy atom. The monoisotopic (exact) mass is 283 g/mol. The Labute approximate surface area is 127 Å². The summed E-state index contributed by atoms with van der Waals surface area (Å²) in [6.07, 6.45) is 2.02. The molecule has 4 aromatic rings. The smallest absolute Gasteiger partial charge is 0.140 e. The molecule has 0 fully saturated rings. The number of nitrogens with zero attached hydrogens (tertiary/aromatic N) is 1. The molecular weight excluding hydrogens is 270 g/mol. The topological polar surface area (TPSA) is 40.2 Å². The molecule has 3 heteroatoms. The van der Waals surface area contributed by atoms with Gasteiger partial charge in [-0.1, -0.05) is 42.5 Å². The quantitative estimate of drug-likeness (QED) is 0.516. The van der Waals surface area contributed by atoms with Crippen LogP contribution in [0, 0.1) is 0 Å². The highest BCUT2D eigenvalue weighted by molar-refractivity contribution is 6.22.